The second-order valence-electron chi connectivity index (χ2n) is 3.79. The van der Waals surface area contributed by atoms with E-state index in [2.05, 4.69) is 4.98 Å². The molecule has 1 N–H and O–H groups in total. The Kier molecular flexibility index (Phi) is 4.45. The van der Waals surface area contributed by atoms with E-state index in [1.807, 2.05) is 13.8 Å². The van der Waals surface area contributed by atoms with Crippen molar-refractivity contribution in [2.24, 2.45) is 5.92 Å². The standard InChI is InChI=1S/C10H12N2O4S/c1-6(2)5-17-9-8(12(15)16)4-3-7(11-9)10(13)14/h3-4,6H,5H2,1-2H3,(H,13,14). The average molecular weight is 256 g/mol. The summed E-state index contributed by atoms with van der Waals surface area (Å²) in [4.78, 5) is 24.7. The predicted molar refractivity (Wildman–Crippen MR) is 63.4 cm³/mol. The van der Waals surface area contributed by atoms with Gasteiger partial charge in [-0.05, 0) is 12.0 Å². The summed E-state index contributed by atoms with van der Waals surface area (Å²) in [6.07, 6.45) is 0. The van der Waals surface area contributed by atoms with E-state index in [0.29, 0.717) is 11.7 Å². The number of carboxylic acid groups (broad SMARTS) is 1. The van der Waals surface area contributed by atoms with Gasteiger partial charge in [0.2, 0.25) is 0 Å². The number of pyridine rings is 1. The normalized spacial score (nSPS) is 10.5. The van der Waals surface area contributed by atoms with Gasteiger partial charge in [0.05, 0.1) is 4.92 Å². The Morgan fingerprint density at radius 2 is 2.24 bits per heavy atom. The Bertz CT molecular complexity index is 448. The third-order valence-electron chi connectivity index (χ3n) is 1.81. The number of thioether (sulfide) groups is 1. The van der Waals surface area contributed by atoms with Gasteiger partial charge in [-0.15, -0.1) is 0 Å². The highest BCUT2D eigenvalue weighted by Crippen LogP contribution is 2.28. The smallest absolute Gasteiger partial charge is 0.354 e. The number of aromatic carboxylic acids is 1. The van der Waals surface area contributed by atoms with Crippen LogP contribution in [0.4, 0.5) is 5.69 Å². The zero-order valence-corrected chi connectivity index (χ0v) is 10.2. The minimum Gasteiger partial charge on any atom is -0.477 e. The average Bonchev–Trinajstić information content (AvgIpc) is 2.25. The molecule has 0 amide bonds. The molecule has 0 aliphatic rings. The number of hydrogen-bond donors (Lipinski definition) is 1. The van der Waals surface area contributed by atoms with Gasteiger partial charge in [-0.1, -0.05) is 25.6 Å². The highest BCUT2D eigenvalue weighted by molar-refractivity contribution is 7.99. The molecule has 1 rings (SSSR count). The van der Waals surface area contributed by atoms with Crippen molar-refractivity contribution >= 4 is 23.4 Å². The van der Waals surface area contributed by atoms with Gasteiger partial charge in [0.25, 0.3) is 0 Å². The second kappa shape index (κ2) is 5.62. The zero-order valence-electron chi connectivity index (χ0n) is 9.41. The van der Waals surface area contributed by atoms with Crippen molar-refractivity contribution in [3.05, 3.63) is 27.9 Å². The summed E-state index contributed by atoms with van der Waals surface area (Å²) in [5, 5.41) is 19.7. The molecular formula is C10H12N2O4S. The van der Waals surface area contributed by atoms with Crippen LogP contribution in [0.25, 0.3) is 0 Å². The number of nitro groups is 1. The summed E-state index contributed by atoms with van der Waals surface area (Å²) in [5.41, 5.74) is -0.331. The molecule has 0 spiro atoms. The quantitative estimate of drug-likeness (QED) is 0.494. The minimum absolute atomic E-state index is 0.152. The molecule has 92 valence electrons. The molecule has 0 aliphatic heterocycles. The number of hydrogen-bond acceptors (Lipinski definition) is 5. The van der Waals surface area contributed by atoms with E-state index in [1.165, 1.54) is 17.8 Å². The second-order valence-corrected chi connectivity index (χ2v) is 4.80. The highest BCUT2D eigenvalue weighted by atomic mass is 32.2. The summed E-state index contributed by atoms with van der Waals surface area (Å²) >= 11 is 1.20. The molecule has 0 saturated heterocycles. The van der Waals surface area contributed by atoms with Crippen molar-refractivity contribution in [1.29, 1.82) is 0 Å². The monoisotopic (exact) mass is 256 g/mol. The molecule has 0 bridgehead atoms. The van der Waals surface area contributed by atoms with Crippen LogP contribution in [0.1, 0.15) is 24.3 Å². The van der Waals surface area contributed by atoms with Crippen LogP contribution in [0.5, 0.6) is 0 Å². The van der Waals surface area contributed by atoms with E-state index in [9.17, 15) is 14.9 Å². The van der Waals surface area contributed by atoms with Crippen molar-refractivity contribution in [3.63, 3.8) is 0 Å². The lowest BCUT2D eigenvalue weighted by atomic mass is 10.3. The molecule has 0 radical (unpaired) electrons. The molecule has 0 atom stereocenters. The van der Waals surface area contributed by atoms with E-state index < -0.39 is 10.9 Å². The van der Waals surface area contributed by atoms with Crippen LogP contribution in [-0.4, -0.2) is 26.7 Å². The predicted octanol–water partition coefficient (Wildman–Crippen LogP) is 2.44. The van der Waals surface area contributed by atoms with Crippen molar-refractivity contribution in [2.75, 3.05) is 5.75 Å². The van der Waals surface area contributed by atoms with Gasteiger partial charge < -0.3 is 5.11 Å². The number of carbonyl (C=O) groups is 1. The topological polar surface area (TPSA) is 93.3 Å². The first-order chi connectivity index (χ1) is 7.91. The maximum atomic E-state index is 10.8. The molecule has 1 heterocycles. The maximum Gasteiger partial charge on any atom is 0.354 e. The zero-order chi connectivity index (χ0) is 13.0. The van der Waals surface area contributed by atoms with Crippen molar-refractivity contribution in [2.45, 2.75) is 18.9 Å². The molecule has 7 heteroatoms. The Morgan fingerprint density at radius 3 is 2.71 bits per heavy atom. The van der Waals surface area contributed by atoms with E-state index in [4.69, 9.17) is 5.11 Å². The van der Waals surface area contributed by atoms with Crippen LogP contribution < -0.4 is 0 Å². The number of nitrogens with zero attached hydrogens (tertiary/aromatic N) is 2. The van der Waals surface area contributed by atoms with Crippen LogP contribution >= 0.6 is 11.8 Å². The van der Waals surface area contributed by atoms with Crippen molar-refractivity contribution in [1.82, 2.24) is 4.98 Å². The van der Waals surface area contributed by atoms with Crippen LogP contribution in [0, 0.1) is 16.0 Å². The van der Waals surface area contributed by atoms with Gasteiger partial charge >= 0.3 is 11.7 Å². The van der Waals surface area contributed by atoms with Gasteiger partial charge in [0.1, 0.15) is 5.69 Å². The van der Waals surface area contributed by atoms with E-state index >= 15 is 0 Å². The fraction of sp³-hybridized carbons (Fsp3) is 0.400. The maximum absolute atomic E-state index is 10.8. The first-order valence-corrected chi connectivity index (χ1v) is 5.92. The van der Waals surface area contributed by atoms with E-state index in [1.54, 1.807) is 0 Å². The molecule has 0 aromatic carbocycles. The summed E-state index contributed by atoms with van der Waals surface area (Å²) in [7, 11) is 0. The first-order valence-electron chi connectivity index (χ1n) is 4.93. The molecule has 6 nitrogen and oxygen atoms in total. The molecule has 1 aromatic rings. The van der Waals surface area contributed by atoms with E-state index in [0.717, 1.165) is 6.07 Å². The number of carboxylic acids is 1. The number of rotatable bonds is 5. The van der Waals surface area contributed by atoms with Gasteiger partial charge in [0, 0.05) is 11.8 Å². The van der Waals surface area contributed by atoms with Gasteiger partial charge in [-0.3, -0.25) is 10.1 Å². The fourth-order valence-corrected chi connectivity index (χ4v) is 1.99. The molecule has 0 fully saturated rings. The Morgan fingerprint density at radius 1 is 1.59 bits per heavy atom. The summed E-state index contributed by atoms with van der Waals surface area (Å²) in [6, 6.07) is 2.32. The molecule has 17 heavy (non-hydrogen) atoms. The van der Waals surface area contributed by atoms with Gasteiger partial charge in [-0.2, -0.15) is 0 Å². The summed E-state index contributed by atoms with van der Waals surface area (Å²) in [5.74, 6) is -0.196. The summed E-state index contributed by atoms with van der Waals surface area (Å²) < 4.78 is 0. The third-order valence-corrected chi connectivity index (χ3v) is 3.22. The Balaban J connectivity index is 3.07. The van der Waals surface area contributed by atoms with Crippen molar-refractivity contribution in [3.8, 4) is 0 Å². The molecular weight excluding hydrogens is 244 g/mol. The van der Waals surface area contributed by atoms with Crippen LogP contribution in [-0.2, 0) is 0 Å². The SMILES string of the molecule is CC(C)CSc1nc(C(=O)O)ccc1[N+](=O)[O-]. The Labute approximate surface area is 102 Å². The largest absolute Gasteiger partial charge is 0.477 e. The molecule has 0 unspecified atom stereocenters. The lowest BCUT2D eigenvalue weighted by Crippen LogP contribution is -2.04. The molecule has 0 saturated carbocycles. The third kappa shape index (κ3) is 3.70. The lowest BCUT2D eigenvalue weighted by molar-refractivity contribution is -0.388. The molecule has 1 aromatic heterocycles. The number of aromatic nitrogens is 1. The first kappa shape index (κ1) is 13.4. The molecule has 0 aliphatic carbocycles. The fourth-order valence-electron chi connectivity index (χ4n) is 1.04. The van der Waals surface area contributed by atoms with E-state index in [-0.39, 0.29) is 16.4 Å². The highest BCUT2D eigenvalue weighted by Gasteiger charge is 2.18. The van der Waals surface area contributed by atoms with Crippen LogP contribution in [0.3, 0.4) is 0 Å². The van der Waals surface area contributed by atoms with Gasteiger partial charge in [0.15, 0.2) is 5.03 Å². The van der Waals surface area contributed by atoms with Gasteiger partial charge in [-0.25, -0.2) is 9.78 Å². The minimum atomic E-state index is -1.19. The van der Waals surface area contributed by atoms with Crippen LogP contribution in [0.2, 0.25) is 0 Å². The van der Waals surface area contributed by atoms with Crippen molar-refractivity contribution < 1.29 is 14.8 Å². The van der Waals surface area contributed by atoms with Crippen LogP contribution in [0.15, 0.2) is 17.2 Å². The Hall–Kier alpha value is -1.63. The lowest BCUT2D eigenvalue weighted by Gasteiger charge is -2.05. The summed E-state index contributed by atoms with van der Waals surface area (Å²) in [6.45, 7) is 3.94.